The summed E-state index contributed by atoms with van der Waals surface area (Å²) in [6, 6.07) is 17.5. The molecule has 3 rings (SSSR count). The van der Waals surface area contributed by atoms with Crippen molar-refractivity contribution in [2.45, 2.75) is 32.7 Å². The Labute approximate surface area is 229 Å². The summed E-state index contributed by atoms with van der Waals surface area (Å²) in [7, 11) is 4.86. The van der Waals surface area contributed by atoms with Gasteiger partial charge in [-0.25, -0.2) is 0 Å². The molecule has 0 atom stereocenters. The minimum Gasteiger partial charge on any atom is -0.493 e. The normalized spacial score (nSPS) is 10.7. The molecule has 0 aliphatic rings. The number of benzene rings is 2. The molecule has 0 bridgehead atoms. The van der Waals surface area contributed by atoms with E-state index in [9.17, 15) is 9.59 Å². The average molecular weight is 539 g/mol. The molecule has 204 valence electrons. The van der Waals surface area contributed by atoms with Crippen molar-refractivity contribution in [3.8, 4) is 11.5 Å². The lowest BCUT2D eigenvalue weighted by atomic mass is 10.1. The lowest BCUT2D eigenvalue weighted by Crippen LogP contribution is -2.44. The van der Waals surface area contributed by atoms with Crippen LogP contribution in [0.3, 0.4) is 0 Å². The Hall–Kier alpha value is -3.36. The highest BCUT2D eigenvalue weighted by molar-refractivity contribution is 7.10. The number of carbonyl (C=O) groups is 2. The molecule has 2 amide bonds. The second-order valence-electron chi connectivity index (χ2n) is 9.11. The molecule has 0 saturated heterocycles. The summed E-state index contributed by atoms with van der Waals surface area (Å²) >= 11 is 1.64. The number of rotatable bonds is 15. The van der Waals surface area contributed by atoms with E-state index in [1.165, 1.54) is 0 Å². The van der Waals surface area contributed by atoms with Gasteiger partial charge in [0, 0.05) is 31.7 Å². The van der Waals surface area contributed by atoms with Crippen LogP contribution in [0.25, 0.3) is 0 Å². The molecule has 0 saturated carbocycles. The third-order valence-electron chi connectivity index (χ3n) is 6.43. The van der Waals surface area contributed by atoms with Crippen molar-refractivity contribution in [2.24, 2.45) is 0 Å². The van der Waals surface area contributed by atoms with E-state index in [-0.39, 0.29) is 24.8 Å². The van der Waals surface area contributed by atoms with Gasteiger partial charge in [-0.05, 0) is 60.0 Å². The van der Waals surface area contributed by atoms with Crippen molar-refractivity contribution in [3.05, 3.63) is 81.5 Å². The zero-order valence-electron chi connectivity index (χ0n) is 22.8. The Bertz CT molecular complexity index is 1160. The number of ether oxygens (including phenoxy) is 3. The van der Waals surface area contributed by atoms with E-state index in [0.717, 1.165) is 21.6 Å². The molecule has 0 radical (unpaired) electrons. The van der Waals surface area contributed by atoms with E-state index in [0.29, 0.717) is 50.6 Å². The third kappa shape index (κ3) is 8.60. The molecule has 0 fully saturated rings. The first kappa shape index (κ1) is 29.2. The van der Waals surface area contributed by atoms with E-state index in [4.69, 9.17) is 14.2 Å². The number of thiophene rings is 1. The third-order valence-corrected chi connectivity index (χ3v) is 7.43. The van der Waals surface area contributed by atoms with E-state index in [1.54, 1.807) is 37.6 Å². The standard InChI is InChI=1S/C30H38N2O5S/c1-23-14-18-38-28(23)21-32(16-13-25-11-12-26(36-3)27(19-25)37-4)30(34)22-31(15-8-17-35-2)29(33)20-24-9-6-5-7-10-24/h5-7,9-12,14,18-19H,8,13,15-17,20-22H2,1-4H3. The van der Waals surface area contributed by atoms with Gasteiger partial charge in [-0.1, -0.05) is 36.4 Å². The summed E-state index contributed by atoms with van der Waals surface area (Å²) in [5.41, 5.74) is 3.14. The SMILES string of the molecule is COCCCN(CC(=O)N(CCc1ccc(OC)c(OC)c1)Cc1sccc1C)C(=O)Cc1ccccc1. The van der Waals surface area contributed by atoms with Crippen LogP contribution in [-0.2, 0) is 33.7 Å². The first-order valence-corrected chi connectivity index (χ1v) is 13.7. The summed E-state index contributed by atoms with van der Waals surface area (Å²) in [4.78, 5) is 31.6. The summed E-state index contributed by atoms with van der Waals surface area (Å²) in [6.45, 7) is 4.11. The molecule has 2 aromatic carbocycles. The van der Waals surface area contributed by atoms with Crippen LogP contribution >= 0.6 is 11.3 Å². The van der Waals surface area contributed by atoms with E-state index >= 15 is 0 Å². The zero-order chi connectivity index (χ0) is 27.3. The number of aryl methyl sites for hydroxylation is 1. The predicted molar refractivity (Wildman–Crippen MR) is 151 cm³/mol. The van der Waals surface area contributed by atoms with Crippen LogP contribution in [0.4, 0.5) is 0 Å². The van der Waals surface area contributed by atoms with Gasteiger partial charge in [0.25, 0.3) is 0 Å². The number of amides is 2. The maximum absolute atomic E-state index is 13.7. The minimum absolute atomic E-state index is 0.0335. The van der Waals surface area contributed by atoms with Gasteiger partial charge in [-0.15, -0.1) is 11.3 Å². The van der Waals surface area contributed by atoms with Crippen molar-refractivity contribution < 1.29 is 23.8 Å². The average Bonchev–Trinajstić information content (AvgIpc) is 3.34. The van der Waals surface area contributed by atoms with Gasteiger partial charge < -0.3 is 24.0 Å². The highest BCUT2D eigenvalue weighted by atomic mass is 32.1. The zero-order valence-corrected chi connectivity index (χ0v) is 23.6. The van der Waals surface area contributed by atoms with Crippen LogP contribution in [0.2, 0.25) is 0 Å². The van der Waals surface area contributed by atoms with Crippen LogP contribution in [0.5, 0.6) is 11.5 Å². The molecule has 0 unspecified atom stereocenters. The summed E-state index contributed by atoms with van der Waals surface area (Å²) in [5.74, 6) is 1.19. The van der Waals surface area contributed by atoms with E-state index in [2.05, 4.69) is 13.0 Å². The lowest BCUT2D eigenvalue weighted by Gasteiger charge is -2.28. The maximum Gasteiger partial charge on any atom is 0.242 e. The Morgan fingerprint density at radius 2 is 1.61 bits per heavy atom. The maximum atomic E-state index is 13.7. The Balaban J connectivity index is 1.76. The van der Waals surface area contributed by atoms with Crippen LogP contribution in [0, 0.1) is 6.92 Å². The van der Waals surface area contributed by atoms with Gasteiger partial charge in [0.1, 0.15) is 0 Å². The predicted octanol–water partition coefficient (Wildman–Crippen LogP) is 4.75. The van der Waals surface area contributed by atoms with Gasteiger partial charge >= 0.3 is 0 Å². The van der Waals surface area contributed by atoms with Crippen LogP contribution < -0.4 is 9.47 Å². The molecule has 0 aliphatic carbocycles. The minimum atomic E-state index is -0.0721. The van der Waals surface area contributed by atoms with Crippen molar-refractivity contribution in [3.63, 3.8) is 0 Å². The smallest absolute Gasteiger partial charge is 0.242 e. The number of hydrogen-bond acceptors (Lipinski definition) is 6. The lowest BCUT2D eigenvalue weighted by molar-refractivity contribution is -0.140. The molecule has 1 aromatic heterocycles. The van der Waals surface area contributed by atoms with Crippen molar-refractivity contribution in [1.82, 2.24) is 9.80 Å². The quantitative estimate of drug-likeness (QED) is 0.261. The second kappa shape index (κ2) is 15.1. The van der Waals surface area contributed by atoms with Gasteiger partial charge in [0.15, 0.2) is 11.5 Å². The molecular formula is C30H38N2O5S. The van der Waals surface area contributed by atoms with E-state index < -0.39 is 0 Å². The summed E-state index contributed by atoms with van der Waals surface area (Å²) < 4.78 is 16.0. The number of hydrogen-bond donors (Lipinski definition) is 0. The molecular weight excluding hydrogens is 500 g/mol. The highest BCUT2D eigenvalue weighted by Crippen LogP contribution is 2.28. The van der Waals surface area contributed by atoms with Crippen LogP contribution in [0.1, 0.15) is 28.0 Å². The van der Waals surface area contributed by atoms with Crippen molar-refractivity contribution >= 4 is 23.2 Å². The number of carbonyl (C=O) groups excluding carboxylic acids is 2. The molecule has 8 heteroatoms. The Morgan fingerprint density at radius 1 is 0.842 bits per heavy atom. The topological polar surface area (TPSA) is 68.3 Å². The fourth-order valence-corrected chi connectivity index (χ4v) is 5.09. The number of methoxy groups -OCH3 is 3. The van der Waals surface area contributed by atoms with Gasteiger partial charge in [0.2, 0.25) is 11.8 Å². The molecule has 1 heterocycles. The van der Waals surface area contributed by atoms with Gasteiger partial charge in [-0.3, -0.25) is 9.59 Å². The summed E-state index contributed by atoms with van der Waals surface area (Å²) in [5, 5.41) is 2.04. The van der Waals surface area contributed by atoms with Crippen LogP contribution in [0.15, 0.2) is 60.0 Å². The van der Waals surface area contributed by atoms with Crippen molar-refractivity contribution in [1.29, 1.82) is 0 Å². The van der Waals surface area contributed by atoms with Gasteiger partial charge in [-0.2, -0.15) is 0 Å². The fourth-order valence-electron chi connectivity index (χ4n) is 4.17. The molecule has 3 aromatic rings. The number of nitrogens with zero attached hydrogens (tertiary/aromatic N) is 2. The summed E-state index contributed by atoms with van der Waals surface area (Å²) in [6.07, 6.45) is 1.58. The Kier molecular flexibility index (Phi) is 11.6. The highest BCUT2D eigenvalue weighted by Gasteiger charge is 2.22. The van der Waals surface area contributed by atoms with Gasteiger partial charge in [0.05, 0.1) is 33.7 Å². The van der Waals surface area contributed by atoms with E-state index in [1.807, 2.05) is 58.8 Å². The largest absolute Gasteiger partial charge is 0.493 e. The Morgan fingerprint density at radius 3 is 2.26 bits per heavy atom. The second-order valence-corrected chi connectivity index (χ2v) is 10.1. The molecule has 38 heavy (non-hydrogen) atoms. The molecule has 7 nitrogen and oxygen atoms in total. The first-order chi connectivity index (χ1) is 18.4. The molecule has 0 aliphatic heterocycles. The monoisotopic (exact) mass is 538 g/mol. The van der Waals surface area contributed by atoms with Crippen LogP contribution in [-0.4, -0.2) is 69.2 Å². The van der Waals surface area contributed by atoms with Crippen molar-refractivity contribution in [2.75, 3.05) is 47.6 Å². The molecule has 0 spiro atoms. The first-order valence-electron chi connectivity index (χ1n) is 12.8. The molecule has 0 N–H and O–H groups in total. The fraction of sp³-hybridized carbons (Fsp3) is 0.400.